The van der Waals surface area contributed by atoms with Gasteiger partial charge in [-0.2, -0.15) is 0 Å². The summed E-state index contributed by atoms with van der Waals surface area (Å²) >= 11 is 0. The molecule has 0 saturated heterocycles. The quantitative estimate of drug-likeness (QED) is 0.250. The van der Waals surface area contributed by atoms with Crippen molar-refractivity contribution < 1.29 is 24.0 Å². The Kier molecular flexibility index (Phi) is 6.22. The van der Waals surface area contributed by atoms with Crippen molar-refractivity contribution in [2.24, 2.45) is 0 Å². The molecule has 25 heavy (non-hydrogen) atoms. The van der Waals surface area contributed by atoms with Gasteiger partial charge in [-0.05, 0) is 36.8 Å². The van der Waals surface area contributed by atoms with Gasteiger partial charge >= 0.3 is 11.9 Å². The van der Waals surface area contributed by atoms with Crippen LogP contribution in [-0.4, -0.2) is 23.5 Å². The summed E-state index contributed by atoms with van der Waals surface area (Å²) in [6.07, 6.45) is 1.71. The van der Waals surface area contributed by atoms with Gasteiger partial charge in [0.15, 0.2) is 0 Å². The van der Waals surface area contributed by atoms with Crippen LogP contribution in [0, 0.1) is 10.1 Å². The van der Waals surface area contributed by atoms with E-state index in [-0.39, 0.29) is 17.0 Å². The number of carbonyl (C=O) groups excluding carboxylic acids is 2. The number of esters is 2. The summed E-state index contributed by atoms with van der Waals surface area (Å²) in [6, 6.07) is 11.3. The van der Waals surface area contributed by atoms with Gasteiger partial charge in [0.2, 0.25) is 0 Å². The Bertz CT molecular complexity index is 769. The summed E-state index contributed by atoms with van der Waals surface area (Å²) in [7, 11) is 0. The van der Waals surface area contributed by atoms with Crippen LogP contribution in [0.1, 0.15) is 40.5 Å². The number of unbranched alkanes of at least 4 members (excludes halogenated alkanes) is 1. The zero-order valence-electron chi connectivity index (χ0n) is 13.6. The van der Waals surface area contributed by atoms with Crippen molar-refractivity contribution in [2.75, 3.05) is 6.61 Å². The van der Waals surface area contributed by atoms with Crippen molar-refractivity contribution in [3.63, 3.8) is 0 Å². The van der Waals surface area contributed by atoms with Gasteiger partial charge in [0.1, 0.15) is 11.3 Å². The smallest absolute Gasteiger partial charge is 0.350 e. The molecule has 7 nitrogen and oxygen atoms in total. The molecule has 0 radical (unpaired) electrons. The largest absolute Gasteiger partial charge is 0.462 e. The summed E-state index contributed by atoms with van der Waals surface area (Å²) in [6.45, 7) is 2.35. The lowest BCUT2D eigenvalue weighted by Crippen LogP contribution is -2.11. The molecule has 0 saturated carbocycles. The predicted octanol–water partition coefficient (Wildman–Crippen LogP) is 3.77. The molecule has 0 bridgehead atoms. The fraction of sp³-hybridized carbons (Fsp3) is 0.222. The number of nitro groups is 1. The first-order chi connectivity index (χ1) is 12.0. The first-order valence-corrected chi connectivity index (χ1v) is 7.75. The number of hydrogen-bond donors (Lipinski definition) is 0. The second kappa shape index (κ2) is 8.58. The molecule has 0 amide bonds. The van der Waals surface area contributed by atoms with Crippen LogP contribution in [0.5, 0.6) is 5.75 Å². The predicted molar refractivity (Wildman–Crippen MR) is 89.7 cm³/mol. The van der Waals surface area contributed by atoms with Crippen molar-refractivity contribution in [1.82, 2.24) is 0 Å². The van der Waals surface area contributed by atoms with Gasteiger partial charge in [-0.25, -0.2) is 9.59 Å². The summed E-state index contributed by atoms with van der Waals surface area (Å²) in [4.78, 5) is 34.2. The Morgan fingerprint density at radius 1 is 1.04 bits per heavy atom. The highest BCUT2D eigenvalue weighted by atomic mass is 16.6. The van der Waals surface area contributed by atoms with Gasteiger partial charge < -0.3 is 9.47 Å². The second-order valence-electron chi connectivity index (χ2n) is 5.18. The van der Waals surface area contributed by atoms with E-state index in [2.05, 4.69) is 0 Å². The molecule has 7 heteroatoms. The molecule has 0 aliphatic carbocycles. The van der Waals surface area contributed by atoms with Gasteiger partial charge in [-0.15, -0.1) is 0 Å². The van der Waals surface area contributed by atoms with Crippen LogP contribution in [0.2, 0.25) is 0 Å². The summed E-state index contributed by atoms with van der Waals surface area (Å²) in [5.74, 6) is -1.12. The average molecular weight is 343 g/mol. The van der Waals surface area contributed by atoms with Crippen molar-refractivity contribution in [3.05, 3.63) is 69.8 Å². The molecule has 2 aromatic rings. The summed E-state index contributed by atoms with van der Waals surface area (Å²) in [5.41, 5.74) is -0.138. The summed E-state index contributed by atoms with van der Waals surface area (Å²) < 4.78 is 10.2. The lowest BCUT2D eigenvalue weighted by atomic mass is 10.2. The SMILES string of the molecule is CCCCOC(=O)c1ccc(OC(=O)c2ccccc2[N+](=O)[O-])cc1. The van der Waals surface area contributed by atoms with Crippen molar-refractivity contribution >= 4 is 17.6 Å². The van der Waals surface area contributed by atoms with Crippen LogP contribution in [0.25, 0.3) is 0 Å². The molecule has 0 unspecified atom stereocenters. The fourth-order valence-electron chi connectivity index (χ4n) is 2.02. The number of nitro benzene ring substituents is 1. The molecule has 0 spiro atoms. The van der Waals surface area contributed by atoms with Crippen LogP contribution >= 0.6 is 0 Å². The molecule has 0 N–H and O–H groups in total. The Hall–Kier alpha value is -3.22. The van der Waals surface area contributed by atoms with E-state index in [1.165, 1.54) is 48.5 Å². The number of rotatable bonds is 7. The molecule has 130 valence electrons. The minimum atomic E-state index is -0.842. The minimum Gasteiger partial charge on any atom is -0.462 e. The molecular formula is C18H17NO6. The number of benzene rings is 2. The molecular weight excluding hydrogens is 326 g/mol. The van der Waals surface area contributed by atoms with E-state index in [1.54, 1.807) is 0 Å². The minimum absolute atomic E-state index is 0.143. The van der Waals surface area contributed by atoms with Gasteiger partial charge in [0, 0.05) is 6.07 Å². The standard InChI is InChI=1S/C18H17NO6/c1-2-3-12-24-17(20)13-8-10-14(11-9-13)25-18(21)15-6-4-5-7-16(15)19(22)23/h4-11H,2-3,12H2,1H3. The van der Waals surface area contributed by atoms with Gasteiger partial charge in [-0.3, -0.25) is 10.1 Å². The van der Waals surface area contributed by atoms with Crippen molar-refractivity contribution in [2.45, 2.75) is 19.8 Å². The highest BCUT2D eigenvalue weighted by molar-refractivity contribution is 5.95. The third-order valence-electron chi connectivity index (χ3n) is 3.35. The average Bonchev–Trinajstić information content (AvgIpc) is 2.62. The lowest BCUT2D eigenvalue weighted by molar-refractivity contribution is -0.385. The van der Waals surface area contributed by atoms with Gasteiger partial charge in [-0.1, -0.05) is 25.5 Å². The monoisotopic (exact) mass is 343 g/mol. The zero-order chi connectivity index (χ0) is 18.2. The first-order valence-electron chi connectivity index (χ1n) is 7.75. The number of nitrogens with zero attached hydrogens (tertiary/aromatic N) is 1. The van der Waals surface area contributed by atoms with E-state index in [9.17, 15) is 19.7 Å². The Morgan fingerprint density at radius 2 is 1.72 bits per heavy atom. The van der Waals surface area contributed by atoms with E-state index in [0.29, 0.717) is 12.2 Å². The number of ether oxygens (including phenoxy) is 2. The first kappa shape index (κ1) is 18.1. The van der Waals surface area contributed by atoms with Crippen LogP contribution in [0.3, 0.4) is 0 Å². The van der Waals surface area contributed by atoms with E-state index < -0.39 is 16.9 Å². The number of hydrogen-bond acceptors (Lipinski definition) is 6. The van der Waals surface area contributed by atoms with Gasteiger partial charge in [0.25, 0.3) is 5.69 Å². The molecule has 2 aromatic carbocycles. The van der Waals surface area contributed by atoms with E-state index >= 15 is 0 Å². The summed E-state index contributed by atoms with van der Waals surface area (Å²) in [5, 5.41) is 11.0. The zero-order valence-corrected chi connectivity index (χ0v) is 13.6. The van der Waals surface area contributed by atoms with Crippen LogP contribution in [0.4, 0.5) is 5.69 Å². The third-order valence-corrected chi connectivity index (χ3v) is 3.35. The molecule has 0 aliphatic heterocycles. The number of carbonyl (C=O) groups is 2. The van der Waals surface area contributed by atoms with Crippen LogP contribution < -0.4 is 4.74 Å². The lowest BCUT2D eigenvalue weighted by Gasteiger charge is -2.06. The van der Waals surface area contributed by atoms with Crippen molar-refractivity contribution in [1.29, 1.82) is 0 Å². The van der Waals surface area contributed by atoms with Gasteiger partial charge in [0.05, 0.1) is 17.1 Å². The Balaban J connectivity index is 2.05. The topological polar surface area (TPSA) is 95.7 Å². The molecule has 0 atom stereocenters. The maximum atomic E-state index is 12.1. The maximum Gasteiger partial charge on any atom is 0.350 e. The molecule has 0 heterocycles. The normalized spacial score (nSPS) is 10.1. The Morgan fingerprint density at radius 3 is 2.36 bits per heavy atom. The Labute approximate surface area is 144 Å². The van der Waals surface area contributed by atoms with E-state index in [0.717, 1.165) is 12.8 Å². The highest BCUT2D eigenvalue weighted by Crippen LogP contribution is 2.21. The fourth-order valence-corrected chi connectivity index (χ4v) is 2.02. The van der Waals surface area contributed by atoms with Crippen molar-refractivity contribution in [3.8, 4) is 5.75 Å². The maximum absolute atomic E-state index is 12.1. The van der Waals surface area contributed by atoms with E-state index in [4.69, 9.17) is 9.47 Å². The number of para-hydroxylation sites is 1. The van der Waals surface area contributed by atoms with Crippen LogP contribution in [-0.2, 0) is 4.74 Å². The van der Waals surface area contributed by atoms with Crippen LogP contribution in [0.15, 0.2) is 48.5 Å². The van der Waals surface area contributed by atoms with E-state index in [1.807, 2.05) is 6.92 Å². The molecule has 0 aromatic heterocycles. The second-order valence-corrected chi connectivity index (χ2v) is 5.18. The molecule has 0 fully saturated rings. The third kappa shape index (κ3) is 4.87. The highest BCUT2D eigenvalue weighted by Gasteiger charge is 2.21. The molecule has 2 rings (SSSR count). The molecule has 0 aliphatic rings.